The summed E-state index contributed by atoms with van der Waals surface area (Å²) in [6.07, 6.45) is 0. The summed E-state index contributed by atoms with van der Waals surface area (Å²) in [5.41, 5.74) is 12.8. The van der Waals surface area contributed by atoms with E-state index in [-0.39, 0.29) is 0 Å². The highest BCUT2D eigenvalue weighted by Gasteiger charge is 2.14. The third-order valence-corrected chi connectivity index (χ3v) is 4.43. The summed E-state index contributed by atoms with van der Waals surface area (Å²) in [5.74, 6) is 1.48. The molecule has 0 saturated heterocycles. The second-order valence-electron chi connectivity index (χ2n) is 6.13. The number of anilines is 3. The van der Waals surface area contributed by atoms with Crippen LogP contribution < -0.4 is 20.5 Å². The van der Waals surface area contributed by atoms with Crippen LogP contribution >= 0.6 is 0 Å². The lowest BCUT2D eigenvalue weighted by molar-refractivity contribution is 0.405. The first-order valence-electron chi connectivity index (χ1n) is 8.10. The number of nitrogen functional groups attached to an aromatic ring is 1. The second kappa shape index (κ2) is 6.51. The number of aromatic nitrogens is 1. The van der Waals surface area contributed by atoms with Gasteiger partial charge >= 0.3 is 0 Å². The largest absolute Gasteiger partial charge is 0.497 e. The molecule has 3 aromatic rings. The van der Waals surface area contributed by atoms with Crippen LogP contribution in [0.5, 0.6) is 11.5 Å². The van der Waals surface area contributed by atoms with Crippen molar-refractivity contribution < 1.29 is 9.47 Å². The van der Waals surface area contributed by atoms with Crippen molar-refractivity contribution in [2.24, 2.45) is 0 Å². The molecule has 0 aliphatic rings. The van der Waals surface area contributed by atoms with E-state index in [1.807, 2.05) is 44.2 Å². The number of hydrogen-bond donors (Lipinski definition) is 2. The zero-order valence-corrected chi connectivity index (χ0v) is 15.2. The summed E-state index contributed by atoms with van der Waals surface area (Å²) < 4.78 is 10.8. The van der Waals surface area contributed by atoms with Crippen LogP contribution in [0.15, 0.2) is 30.3 Å². The topological polar surface area (TPSA) is 69.4 Å². The van der Waals surface area contributed by atoms with Gasteiger partial charge in [0.05, 0.1) is 31.1 Å². The molecule has 3 rings (SSSR count). The molecule has 0 saturated carbocycles. The molecule has 0 unspecified atom stereocenters. The van der Waals surface area contributed by atoms with Gasteiger partial charge in [0.25, 0.3) is 0 Å². The third kappa shape index (κ3) is 3.05. The molecule has 0 fully saturated rings. The first-order valence-corrected chi connectivity index (χ1v) is 8.10. The van der Waals surface area contributed by atoms with E-state index in [0.717, 1.165) is 50.6 Å². The molecule has 0 aliphatic carbocycles. The Hall–Kier alpha value is -2.95. The van der Waals surface area contributed by atoms with Crippen LogP contribution in [0, 0.1) is 20.8 Å². The number of rotatable bonds is 4. The van der Waals surface area contributed by atoms with E-state index in [0.29, 0.717) is 5.69 Å². The average Bonchev–Trinajstić information content (AvgIpc) is 2.59. The number of benzene rings is 2. The Labute approximate surface area is 147 Å². The molecule has 130 valence electrons. The number of pyridine rings is 1. The maximum atomic E-state index is 6.32. The molecule has 2 aromatic carbocycles. The molecule has 0 spiro atoms. The number of nitrogens with two attached hydrogens (primary N) is 1. The number of aryl methyl sites for hydroxylation is 3. The zero-order chi connectivity index (χ0) is 18.1. The van der Waals surface area contributed by atoms with Gasteiger partial charge in [0.2, 0.25) is 0 Å². The van der Waals surface area contributed by atoms with E-state index in [1.165, 1.54) is 0 Å². The minimum Gasteiger partial charge on any atom is -0.497 e. The van der Waals surface area contributed by atoms with Gasteiger partial charge in [0, 0.05) is 22.8 Å². The number of fused-ring (bicyclic) bond motifs is 1. The Morgan fingerprint density at radius 3 is 2.40 bits per heavy atom. The van der Waals surface area contributed by atoms with E-state index in [9.17, 15) is 0 Å². The highest BCUT2D eigenvalue weighted by atomic mass is 16.5. The average molecular weight is 337 g/mol. The number of ether oxygens (including phenoxy) is 2. The lowest BCUT2D eigenvalue weighted by Gasteiger charge is -2.17. The molecular weight excluding hydrogens is 314 g/mol. The molecule has 0 aliphatic heterocycles. The van der Waals surface area contributed by atoms with Crippen LogP contribution in [0.4, 0.5) is 17.1 Å². The molecule has 0 radical (unpaired) electrons. The number of nitrogens with zero attached hydrogens (tertiary/aromatic N) is 1. The lowest BCUT2D eigenvalue weighted by Crippen LogP contribution is -2.02. The zero-order valence-electron chi connectivity index (χ0n) is 15.2. The molecule has 5 heteroatoms. The van der Waals surface area contributed by atoms with Gasteiger partial charge in [0.1, 0.15) is 11.5 Å². The fourth-order valence-electron chi connectivity index (χ4n) is 2.99. The first-order chi connectivity index (χ1) is 11.9. The molecule has 25 heavy (non-hydrogen) atoms. The molecule has 0 bridgehead atoms. The Bertz CT molecular complexity index is 952. The Morgan fingerprint density at radius 1 is 0.960 bits per heavy atom. The van der Waals surface area contributed by atoms with Crippen molar-refractivity contribution >= 4 is 28.0 Å². The van der Waals surface area contributed by atoms with Gasteiger partial charge in [-0.2, -0.15) is 0 Å². The number of methoxy groups -OCH3 is 2. The number of nitrogens with one attached hydrogen (secondary N) is 1. The maximum Gasteiger partial charge on any atom is 0.142 e. The lowest BCUT2D eigenvalue weighted by atomic mass is 10.0. The highest BCUT2D eigenvalue weighted by molar-refractivity contribution is 6.03. The predicted octanol–water partition coefficient (Wildman–Crippen LogP) is 4.50. The molecule has 1 aromatic heterocycles. The van der Waals surface area contributed by atoms with E-state index >= 15 is 0 Å². The fourth-order valence-corrected chi connectivity index (χ4v) is 2.99. The standard InChI is InChI=1S/C20H23N3O2/c1-11-8-15(21)19-17(9-12(2)22-20(19)13(11)3)23-16-10-14(24-4)6-7-18(16)25-5/h6-10H,21H2,1-5H3,(H,22,23). The number of hydrogen-bond acceptors (Lipinski definition) is 5. The Morgan fingerprint density at radius 2 is 1.72 bits per heavy atom. The van der Waals surface area contributed by atoms with Crippen LogP contribution in [-0.4, -0.2) is 19.2 Å². The molecule has 0 atom stereocenters. The quantitative estimate of drug-likeness (QED) is 0.686. The van der Waals surface area contributed by atoms with E-state index in [1.54, 1.807) is 14.2 Å². The summed E-state index contributed by atoms with van der Waals surface area (Å²) >= 11 is 0. The van der Waals surface area contributed by atoms with Gasteiger partial charge in [-0.15, -0.1) is 0 Å². The van der Waals surface area contributed by atoms with Gasteiger partial charge in [-0.3, -0.25) is 4.98 Å². The van der Waals surface area contributed by atoms with Gasteiger partial charge in [0.15, 0.2) is 0 Å². The van der Waals surface area contributed by atoms with E-state index < -0.39 is 0 Å². The van der Waals surface area contributed by atoms with Gasteiger partial charge in [-0.1, -0.05) is 0 Å². The van der Waals surface area contributed by atoms with Crippen molar-refractivity contribution in [3.05, 3.63) is 47.2 Å². The fraction of sp³-hybridized carbons (Fsp3) is 0.250. The highest BCUT2D eigenvalue weighted by Crippen LogP contribution is 2.37. The van der Waals surface area contributed by atoms with Crippen LogP contribution in [0.25, 0.3) is 10.9 Å². The van der Waals surface area contributed by atoms with Gasteiger partial charge < -0.3 is 20.5 Å². The summed E-state index contributed by atoms with van der Waals surface area (Å²) in [6.45, 7) is 6.10. The maximum absolute atomic E-state index is 6.32. The van der Waals surface area contributed by atoms with Crippen LogP contribution in [0.3, 0.4) is 0 Å². The Balaban J connectivity index is 2.22. The van der Waals surface area contributed by atoms with Crippen LogP contribution in [-0.2, 0) is 0 Å². The minimum atomic E-state index is 0.704. The normalized spacial score (nSPS) is 10.8. The molecule has 0 amide bonds. The SMILES string of the molecule is COc1ccc(OC)c(Nc2cc(C)nc3c(C)c(C)cc(N)c23)c1. The molecule has 5 nitrogen and oxygen atoms in total. The van der Waals surface area contributed by atoms with Crippen molar-refractivity contribution in [1.29, 1.82) is 0 Å². The van der Waals surface area contributed by atoms with Crippen molar-refractivity contribution in [3.63, 3.8) is 0 Å². The van der Waals surface area contributed by atoms with Crippen molar-refractivity contribution in [2.75, 3.05) is 25.3 Å². The first kappa shape index (κ1) is 16.9. The predicted molar refractivity (Wildman–Crippen MR) is 103 cm³/mol. The third-order valence-electron chi connectivity index (χ3n) is 4.43. The molecular formula is C20H23N3O2. The molecule has 1 heterocycles. The molecule has 3 N–H and O–H groups in total. The summed E-state index contributed by atoms with van der Waals surface area (Å²) in [6, 6.07) is 9.62. The van der Waals surface area contributed by atoms with Crippen molar-refractivity contribution in [1.82, 2.24) is 4.98 Å². The van der Waals surface area contributed by atoms with Crippen molar-refractivity contribution in [2.45, 2.75) is 20.8 Å². The van der Waals surface area contributed by atoms with Crippen molar-refractivity contribution in [3.8, 4) is 11.5 Å². The second-order valence-corrected chi connectivity index (χ2v) is 6.13. The van der Waals surface area contributed by atoms with Crippen LogP contribution in [0.2, 0.25) is 0 Å². The van der Waals surface area contributed by atoms with Gasteiger partial charge in [-0.25, -0.2) is 0 Å². The summed E-state index contributed by atoms with van der Waals surface area (Å²) in [5, 5.41) is 4.36. The monoisotopic (exact) mass is 337 g/mol. The van der Waals surface area contributed by atoms with E-state index in [4.69, 9.17) is 20.2 Å². The summed E-state index contributed by atoms with van der Waals surface area (Å²) in [4.78, 5) is 4.70. The van der Waals surface area contributed by atoms with E-state index in [2.05, 4.69) is 12.2 Å². The summed E-state index contributed by atoms with van der Waals surface area (Å²) in [7, 11) is 3.28. The van der Waals surface area contributed by atoms with Crippen LogP contribution in [0.1, 0.15) is 16.8 Å². The minimum absolute atomic E-state index is 0.704. The Kier molecular flexibility index (Phi) is 4.40. The van der Waals surface area contributed by atoms with Gasteiger partial charge in [-0.05, 0) is 56.2 Å². The smallest absolute Gasteiger partial charge is 0.142 e.